The van der Waals surface area contributed by atoms with Crippen molar-refractivity contribution in [3.05, 3.63) is 191 Å². The second-order valence-electron chi connectivity index (χ2n) is 37.6. The lowest BCUT2D eigenvalue weighted by atomic mass is 9.77. The zero-order chi connectivity index (χ0) is 78.4. The van der Waals surface area contributed by atoms with Gasteiger partial charge in [0.1, 0.15) is 11.5 Å². The van der Waals surface area contributed by atoms with Gasteiger partial charge in [-0.3, -0.25) is 0 Å². The molecule has 8 aromatic rings. The first-order valence-electron chi connectivity index (χ1n) is 49.2. The summed E-state index contributed by atoms with van der Waals surface area (Å²) >= 11 is 0. The number of unbranched alkanes of at least 4 members (excludes halogenated alkanes) is 26. The molecular formula is C112H158O2. The van der Waals surface area contributed by atoms with Gasteiger partial charge in [0.15, 0.2) is 0 Å². The van der Waals surface area contributed by atoms with E-state index in [1.54, 1.807) is 11.1 Å². The Morgan fingerprint density at radius 2 is 0.482 bits per heavy atom. The van der Waals surface area contributed by atoms with Crippen LogP contribution in [0.2, 0.25) is 0 Å². The third-order valence-corrected chi connectivity index (χ3v) is 29.1. The van der Waals surface area contributed by atoms with Crippen molar-refractivity contribution in [3.8, 4) is 44.9 Å². The van der Waals surface area contributed by atoms with E-state index in [-0.39, 0.29) is 0 Å². The fraction of sp³-hybridized carbons (Fsp3) is 0.607. The maximum absolute atomic E-state index is 6.28. The van der Waals surface area contributed by atoms with E-state index in [1.165, 1.54) is 398 Å². The average Bonchev–Trinajstić information content (AvgIpc) is 0.745. The van der Waals surface area contributed by atoms with Crippen LogP contribution in [-0.4, -0.2) is 13.2 Å². The number of benzene rings is 8. The molecule has 0 saturated heterocycles. The molecule has 8 aromatic carbocycles. The molecule has 0 amide bonds. The van der Waals surface area contributed by atoms with Crippen molar-refractivity contribution >= 4 is 21.5 Å². The summed E-state index contributed by atoms with van der Waals surface area (Å²) in [5, 5.41) is 5.58. The highest BCUT2D eigenvalue weighted by atomic mass is 16.5. The zero-order valence-electron chi connectivity index (χ0n) is 73.0. The summed E-state index contributed by atoms with van der Waals surface area (Å²) in [6.45, 7) is 11.0. The van der Waals surface area contributed by atoms with Gasteiger partial charge in [0.25, 0.3) is 0 Å². The fourth-order valence-electron chi connectivity index (χ4n) is 21.6. The Balaban J connectivity index is 0.669. The molecule has 4 aliphatic carbocycles. The molecule has 618 valence electrons. The molecule has 0 N–H and O–H groups in total. The summed E-state index contributed by atoms with van der Waals surface area (Å²) in [6, 6.07) is 63.4. The smallest absolute Gasteiger partial charge is 0.119 e. The molecule has 0 unspecified atom stereocenters. The van der Waals surface area contributed by atoms with Crippen molar-refractivity contribution in [2.24, 2.45) is 23.7 Å². The molecule has 12 rings (SSSR count). The molecule has 0 heterocycles. The first-order chi connectivity index (χ1) is 56.4. The van der Waals surface area contributed by atoms with Gasteiger partial charge in [0.05, 0.1) is 13.2 Å². The molecule has 0 radical (unpaired) electrons. The Bertz CT molecular complexity index is 3660. The van der Waals surface area contributed by atoms with Crippen molar-refractivity contribution in [2.45, 2.75) is 398 Å². The third-order valence-electron chi connectivity index (χ3n) is 29.1. The minimum absolute atomic E-state index is 0.705. The molecular weight excluding hydrogens is 1380 g/mol. The summed E-state index contributed by atoms with van der Waals surface area (Å²) in [6.07, 6.45) is 72.7. The molecule has 114 heavy (non-hydrogen) atoms. The molecule has 4 fully saturated rings. The number of hydrogen-bond donors (Lipinski definition) is 0. The zero-order valence-corrected chi connectivity index (χ0v) is 73.0. The third kappa shape index (κ3) is 27.5. The number of hydrogen-bond acceptors (Lipinski definition) is 2. The highest BCUT2D eigenvalue weighted by Crippen LogP contribution is 2.46. The van der Waals surface area contributed by atoms with Crippen LogP contribution in [0.3, 0.4) is 0 Å². The Kier molecular flexibility index (Phi) is 37.7. The van der Waals surface area contributed by atoms with Crippen LogP contribution >= 0.6 is 0 Å². The van der Waals surface area contributed by atoms with E-state index in [9.17, 15) is 0 Å². The maximum Gasteiger partial charge on any atom is 0.119 e. The van der Waals surface area contributed by atoms with E-state index in [4.69, 9.17) is 9.47 Å². The molecule has 4 aliphatic rings. The topological polar surface area (TPSA) is 18.5 Å². The van der Waals surface area contributed by atoms with Gasteiger partial charge in [-0.2, -0.15) is 0 Å². The van der Waals surface area contributed by atoms with Crippen LogP contribution < -0.4 is 9.47 Å². The van der Waals surface area contributed by atoms with Gasteiger partial charge in [-0.25, -0.2) is 0 Å². The lowest BCUT2D eigenvalue weighted by Gasteiger charge is -2.29. The van der Waals surface area contributed by atoms with Gasteiger partial charge < -0.3 is 9.47 Å². The molecule has 0 bridgehead atoms. The van der Waals surface area contributed by atoms with Crippen LogP contribution in [-0.2, 0) is 12.8 Å². The highest BCUT2D eigenvalue weighted by Gasteiger charge is 2.28. The van der Waals surface area contributed by atoms with Crippen LogP contribution in [0.25, 0.3) is 54.9 Å². The van der Waals surface area contributed by atoms with Crippen LogP contribution in [0.1, 0.15) is 419 Å². The number of fused-ring (bicyclic) bond motifs is 2. The summed E-state index contributed by atoms with van der Waals surface area (Å²) in [5.41, 5.74) is 17.6. The van der Waals surface area contributed by atoms with Crippen molar-refractivity contribution in [1.29, 1.82) is 0 Å². The lowest BCUT2D eigenvalue weighted by molar-refractivity contribution is 0.299. The number of aryl methyl sites for hydroxylation is 2. The number of ether oxygens (including phenoxy) is 2. The Morgan fingerprint density at radius 1 is 0.228 bits per heavy atom. The Labute approximate surface area is 697 Å². The van der Waals surface area contributed by atoms with E-state index in [0.29, 0.717) is 11.8 Å². The van der Waals surface area contributed by atoms with E-state index in [2.05, 4.69) is 185 Å². The minimum Gasteiger partial charge on any atom is -0.494 e. The van der Waals surface area contributed by atoms with Crippen LogP contribution in [0.5, 0.6) is 11.5 Å². The van der Waals surface area contributed by atoms with Crippen LogP contribution in [0, 0.1) is 23.7 Å². The van der Waals surface area contributed by atoms with E-state index in [1.807, 2.05) is 0 Å². The average molecular weight is 1540 g/mol. The normalized spacial score (nSPS) is 20.1. The SMILES string of the molecule is CCCCCC1CCC(c2ccc(OCCCCCCCCCCCCc3ccc4cc(-c5ccc(C6CCC(CCCCC)CC6)cc5)ccc4c3-c3c(CCCCCCCCCCCCOc4ccc(C5CCC(CCCCC)CC5)cc4)ccc4cc(-c5ccc(C6CCC(CCCCC)CC6)cc5)ccc34)cc2)CC1. The quantitative estimate of drug-likeness (QED) is 0.0354. The minimum atomic E-state index is 0.705. The number of rotatable bonds is 51. The molecule has 4 saturated carbocycles. The monoisotopic (exact) mass is 1540 g/mol. The largest absolute Gasteiger partial charge is 0.494 e. The summed E-state index contributed by atoms with van der Waals surface area (Å²) in [4.78, 5) is 0. The second-order valence-corrected chi connectivity index (χ2v) is 37.6. The van der Waals surface area contributed by atoms with Gasteiger partial charge >= 0.3 is 0 Å². The van der Waals surface area contributed by atoms with E-state index in [0.717, 1.165) is 85.9 Å². The van der Waals surface area contributed by atoms with E-state index < -0.39 is 0 Å². The molecule has 0 aromatic heterocycles. The van der Waals surface area contributed by atoms with Crippen molar-refractivity contribution in [1.82, 2.24) is 0 Å². The van der Waals surface area contributed by atoms with Crippen molar-refractivity contribution < 1.29 is 9.47 Å². The first-order valence-corrected chi connectivity index (χ1v) is 49.2. The van der Waals surface area contributed by atoms with Crippen LogP contribution in [0.4, 0.5) is 0 Å². The van der Waals surface area contributed by atoms with Gasteiger partial charge in [0.2, 0.25) is 0 Å². The predicted octanol–water partition coefficient (Wildman–Crippen LogP) is 35.5. The predicted molar refractivity (Wildman–Crippen MR) is 497 cm³/mol. The van der Waals surface area contributed by atoms with E-state index >= 15 is 0 Å². The maximum atomic E-state index is 6.28. The summed E-state index contributed by atoms with van der Waals surface area (Å²) in [5.74, 6) is 8.81. The Hall–Kier alpha value is -6.12. The second kappa shape index (κ2) is 49.3. The van der Waals surface area contributed by atoms with Gasteiger partial charge in [-0.05, 0) is 313 Å². The standard InChI is InChI=1S/C112H158O2/c1-5-9-29-37-87-43-51-91(52-44-87)95-59-63-99(64-60-95)103-75-81-109-105(85-103)69-67-101(41-33-25-21-17-13-15-19-23-27-35-83-113-107-77-71-97(72-78-107)93-55-47-89(48-56-93)39-31-11-7-3)111(109)112-102(68-70-106-86-104(76-82-110(106)112)100-65-61-96(62-66-100)92-53-45-88(46-54-92)38-30-10-6-2)42-34-26-22-18-14-16-20-24-28-36-84-114-108-79-73-98(74-80-108)94-57-49-90(50-58-94)40-32-12-8-4/h59-82,85-94H,5-58,83-84H2,1-4H3. The van der Waals surface area contributed by atoms with Gasteiger partial charge in [-0.15, -0.1) is 0 Å². The summed E-state index contributed by atoms with van der Waals surface area (Å²) in [7, 11) is 0. The molecule has 0 aliphatic heterocycles. The first kappa shape index (κ1) is 87.2. The molecule has 0 atom stereocenters. The van der Waals surface area contributed by atoms with Crippen molar-refractivity contribution in [2.75, 3.05) is 13.2 Å². The molecule has 2 heteroatoms. The lowest BCUT2D eigenvalue weighted by Crippen LogP contribution is -2.13. The fourth-order valence-corrected chi connectivity index (χ4v) is 21.6. The van der Waals surface area contributed by atoms with Crippen LogP contribution in [0.15, 0.2) is 158 Å². The molecule has 2 nitrogen and oxygen atoms in total. The van der Waals surface area contributed by atoms with Crippen molar-refractivity contribution in [3.63, 3.8) is 0 Å². The Morgan fingerprint density at radius 3 is 0.763 bits per heavy atom. The highest BCUT2D eigenvalue weighted by molar-refractivity contribution is 6.09. The summed E-state index contributed by atoms with van der Waals surface area (Å²) < 4.78 is 12.6. The molecule has 0 spiro atoms. The van der Waals surface area contributed by atoms with Gasteiger partial charge in [0, 0.05) is 0 Å². The van der Waals surface area contributed by atoms with Gasteiger partial charge in [-0.1, -0.05) is 354 Å².